The molecule has 0 amide bonds. The van der Waals surface area contributed by atoms with E-state index < -0.39 is 0 Å². The van der Waals surface area contributed by atoms with Crippen molar-refractivity contribution in [1.29, 1.82) is 0 Å². The third-order valence-corrected chi connectivity index (χ3v) is 6.54. The molecule has 0 aliphatic rings. The average molecular weight is 432 g/mol. The Bertz CT molecular complexity index is 1630. The summed E-state index contributed by atoms with van der Waals surface area (Å²) in [7, 11) is 0. The Labute approximate surface area is 188 Å². The maximum Gasteiger partial charge on any atom is 0.346 e. The Morgan fingerprint density at radius 1 is 0.688 bits per heavy atom. The number of thiazole rings is 1. The highest BCUT2D eigenvalue weighted by atomic mass is 32.1. The molecule has 0 aliphatic heterocycles. The zero-order valence-corrected chi connectivity index (χ0v) is 17.8. The predicted octanol–water partition coefficient (Wildman–Crippen LogP) is 7.40. The van der Waals surface area contributed by atoms with E-state index in [4.69, 9.17) is 9.40 Å². The predicted molar refractivity (Wildman–Crippen MR) is 132 cm³/mol. The molecule has 2 heterocycles. The smallest absolute Gasteiger partial charge is 0.346 e. The van der Waals surface area contributed by atoms with Crippen LogP contribution in [0, 0.1) is 0 Å². The molecule has 0 N–H and O–H groups in total. The van der Waals surface area contributed by atoms with Gasteiger partial charge in [-0.3, -0.25) is 0 Å². The van der Waals surface area contributed by atoms with Gasteiger partial charge in [0.05, 0.1) is 11.3 Å². The summed E-state index contributed by atoms with van der Waals surface area (Å²) < 4.78 is 5.65. The fourth-order valence-electron chi connectivity index (χ4n) is 4.01. The molecule has 152 valence electrons. The van der Waals surface area contributed by atoms with E-state index in [1.165, 1.54) is 16.9 Å². The van der Waals surface area contributed by atoms with Crippen LogP contribution in [0.4, 0.5) is 0 Å². The molecule has 2 aromatic heterocycles. The van der Waals surface area contributed by atoms with E-state index in [-0.39, 0.29) is 5.63 Å². The molecule has 4 heteroatoms. The maximum absolute atomic E-state index is 12.7. The second-order valence-electron chi connectivity index (χ2n) is 7.63. The van der Waals surface area contributed by atoms with Crippen LogP contribution in [0.3, 0.4) is 0 Å². The molecule has 4 aromatic carbocycles. The first-order valence-electron chi connectivity index (χ1n) is 10.3. The lowest BCUT2D eigenvalue weighted by Gasteiger charge is -2.04. The molecule has 6 aromatic rings. The SMILES string of the molecule is O=c1oc2ccc3ccccc3c2cc1-c1nc(-c2ccc(-c3ccccc3)cc2)cs1. The number of hydrogen-bond acceptors (Lipinski definition) is 4. The first kappa shape index (κ1) is 18.7. The van der Waals surface area contributed by atoms with Crippen LogP contribution < -0.4 is 5.63 Å². The van der Waals surface area contributed by atoms with E-state index in [1.54, 1.807) is 0 Å². The van der Waals surface area contributed by atoms with Gasteiger partial charge in [0.2, 0.25) is 0 Å². The van der Waals surface area contributed by atoms with Crippen LogP contribution in [-0.2, 0) is 0 Å². The summed E-state index contributed by atoms with van der Waals surface area (Å²) in [5.41, 5.74) is 4.92. The summed E-state index contributed by atoms with van der Waals surface area (Å²) in [5.74, 6) is 0. The molecule has 0 unspecified atom stereocenters. The first-order chi connectivity index (χ1) is 15.8. The number of fused-ring (bicyclic) bond motifs is 3. The molecule has 0 saturated carbocycles. The Morgan fingerprint density at radius 2 is 1.41 bits per heavy atom. The van der Waals surface area contributed by atoms with Crippen LogP contribution in [0.15, 0.2) is 112 Å². The Kier molecular flexibility index (Phi) is 4.44. The monoisotopic (exact) mass is 431 g/mol. The molecule has 32 heavy (non-hydrogen) atoms. The number of rotatable bonds is 3. The quantitative estimate of drug-likeness (QED) is 0.216. The molecule has 6 rings (SSSR count). The maximum atomic E-state index is 12.7. The summed E-state index contributed by atoms with van der Waals surface area (Å²) in [6.45, 7) is 0. The van der Waals surface area contributed by atoms with Gasteiger partial charge in [-0.1, -0.05) is 84.9 Å². The van der Waals surface area contributed by atoms with Crippen LogP contribution in [0.5, 0.6) is 0 Å². The minimum atomic E-state index is -0.367. The number of benzene rings is 4. The lowest BCUT2D eigenvalue weighted by Crippen LogP contribution is -2.02. The van der Waals surface area contributed by atoms with Gasteiger partial charge in [0.1, 0.15) is 10.6 Å². The van der Waals surface area contributed by atoms with Gasteiger partial charge in [0.15, 0.2) is 0 Å². The average Bonchev–Trinajstić information content (AvgIpc) is 3.34. The zero-order valence-electron chi connectivity index (χ0n) is 17.0. The van der Waals surface area contributed by atoms with Crippen molar-refractivity contribution in [3.8, 4) is 33.0 Å². The molecule has 0 bridgehead atoms. The topological polar surface area (TPSA) is 43.1 Å². The fourth-order valence-corrected chi connectivity index (χ4v) is 4.85. The van der Waals surface area contributed by atoms with Crippen LogP contribution in [-0.4, -0.2) is 4.98 Å². The molecule has 0 saturated heterocycles. The first-order valence-corrected chi connectivity index (χ1v) is 11.2. The lowest BCUT2D eigenvalue weighted by atomic mass is 10.0. The van der Waals surface area contributed by atoms with Gasteiger partial charge >= 0.3 is 5.63 Å². The van der Waals surface area contributed by atoms with Crippen molar-refractivity contribution in [3.05, 3.63) is 113 Å². The number of hydrogen-bond donors (Lipinski definition) is 0. The van der Waals surface area contributed by atoms with E-state index in [0.717, 1.165) is 33.0 Å². The van der Waals surface area contributed by atoms with Crippen molar-refractivity contribution in [2.45, 2.75) is 0 Å². The number of nitrogens with zero attached hydrogens (tertiary/aromatic N) is 1. The second-order valence-corrected chi connectivity index (χ2v) is 8.49. The van der Waals surface area contributed by atoms with Crippen molar-refractivity contribution in [2.75, 3.05) is 0 Å². The summed E-state index contributed by atoms with van der Waals surface area (Å²) in [6.07, 6.45) is 0. The van der Waals surface area contributed by atoms with Gasteiger partial charge in [-0.05, 0) is 34.0 Å². The molecule has 0 spiro atoms. The Hall–Kier alpha value is -4.02. The van der Waals surface area contributed by atoms with E-state index in [1.807, 2.05) is 60.0 Å². The molecule has 0 radical (unpaired) electrons. The number of aromatic nitrogens is 1. The highest BCUT2D eigenvalue weighted by Crippen LogP contribution is 2.32. The van der Waals surface area contributed by atoms with Gasteiger partial charge in [0.25, 0.3) is 0 Å². The van der Waals surface area contributed by atoms with Crippen molar-refractivity contribution in [2.24, 2.45) is 0 Å². The van der Waals surface area contributed by atoms with Crippen molar-refractivity contribution >= 4 is 33.1 Å². The second kappa shape index (κ2) is 7.59. The minimum Gasteiger partial charge on any atom is -0.422 e. The van der Waals surface area contributed by atoms with Crippen LogP contribution in [0.1, 0.15) is 0 Å². The van der Waals surface area contributed by atoms with E-state index in [0.29, 0.717) is 16.2 Å². The van der Waals surface area contributed by atoms with Crippen LogP contribution >= 0.6 is 11.3 Å². The van der Waals surface area contributed by atoms with E-state index >= 15 is 0 Å². The van der Waals surface area contributed by atoms with Crippen molar-refractivity contribution in [3.63, 3.8) is 0 Å². The normalized spacial score (nSPS) is 11.2. The van der Waals surface area contributed by atoms with E-state index in [2.05, 4.69) is 42.5 Å². The third-order valence-electron chi connectivity index (χ3n) is 5.66. The van der Waals surface area contributed by atoms with Gasteiger partial charge in [-0.15, -0.1) is 11.3 Å². The van der Waals surface area contributed by atoms with E-state index in [9.17, 15) is 4.79 Å². The molecular weight excluding hydrogens is 414 g/mol. The van der Waals surface area contributed by atoms with Gasteiger partial charge in [-0.25, -0.2) is 9.78 Å². The summed E-state index contributed by atoms with van der Waals surface area (Å²) >= 11 is 1.46. The Morgan fingerprint density at radius 3 is 2.25 bits per heavy atom. The third kappa shape index (κ3) is 3.22. The van der Waals surface area contributed by atoms with Gasteiger partial charge < -0.3 is 4.42 Å². The molecule has 0 atom stereocenters. The standard InChI is InChI=1S/C28H17NO2S/c30-28-24(16-23-22-9-5-4-8-20(22)14-15-26(23)31-28)27-29-25(17-32-27)21-12-10-19(11-13-21)18-6-2-1-3-7-18/h1-17H. The Balaban J connectivity index is 1.40. The van der Waals surface area contributed by atoms with Crippen LogP contribution in [0.25, 0.3) is 54.7 Å². The molecule has 0 aliphatic carbocycles. The molecular formula is C28H17NO2S. The zero-order chi connectivity index (χ0) is 21.5. The van der Waals surface area contributed by atoms with Crippen molar-refractivity contribution < 1.29 is 4.42 Å². The molecule has 0 fully saturated rings. The summed E-state index contributed by atoms with van der Waals surface area (Å²) in [4.78, 5) is 17.5. The summed E-state index contributed by atoms with van der Waals surface area (Å²) in [6, 6.07) is 32.4. The minimum absolute atomic E-state index is 0.367. The fraction of sp³-hybridized carbons (Fsp3) is 0. The van der Waals surface area contributed by atoms with Gasteiger partial charge in [-0.2, -0.15) is 0 Å². The summed E-state index contributed by atoms with van der Waals surface area (Å²) in [5, 5.41) is 5.73. The van der Waals surface area contributed by atoms with Crippen molar-refractivity contribution in [1.82, 2.24) is 4.98 Å². The van der Waals surface area contributed by atoms with Gasteiger partial charge in [0, 0.05) is 16.3 Å². The molecule has 3 nitrogen and oxygen atoms in total. The van der Waals surface area contributed by atoms with Crippen LogP contribution in [0.2, 0.25) is 0 Å². The highest BCUT2D eigenvalue weighted by molar-refractivity contribution is 7.13. The highest BCUT2D eigenvalue weighted by Gasteiger charge is 2.14. The largest absolute Gasteiger partial charge is 0.422 e. The lowest BCUT2D eigenvalue weighted by molar-refractivity contribution is 0.564.